The Kier molecular flexibility index (Phi) is 2.90. The summed E-state index contributed by atoms with van der Waals surface area (Å²) < 4.78 is 6.84. The van der Waals surface area contributed by atoms with Crippen molar-refractivity contribution in [1.29, 1.82) is 0 Å². The molecule has 7 heteroatoms. The van der Waals surface area contributed by atoms with Crippen molar-refractivity contribution in [2.45, 2.75) is 26.2 Å². The lowest BCUT2D eigenvalue weighted by atomic mass is 9.97. The topological polar surface area (TPSA) is 85.8 Å². The Morgan fingerprint density at radius 1 is 1.39 bits per heavy atom. The van der Waals surface area contributed by atoms with Gasteiger partial charge in [0.25, 0.3) is 5.91 Å². The molecule has 0 atom stereocenters. The molecule has 0 aliphatic rings. The van der Waals surface area contributed by atoms with Crippen molar-refractivity contribution in [2.75, 3.05) is 5.32 Å². The molecule has 96 valence electrons. The van der Waals surface area contributed by atoms with Crippen molar-refractivity contribution >= 4 is 11.9 Å². The van der Waals surface area contributed by atoms with Gasteiger partial charge in [0, 0.05) is 18.7 Å². The minimum atomic E-state index is -0.334. The van der Waals surface area contributed by atoms with Gasteiger partial charge in [-0.05, 0) is 6.07 Å². The monoisotopic (exact) mass is 249 g/mol. The first-order valence-corrected chi connectivity index (χ1v) is 5.51. The van der Waals surface area contributed by atoms with Crippen molar-refractivity contribution in [3.8, 4) is 0 Å². The zero-order valence-electron chi connectivity index (χ0n) is 10.8. The van der Waals surface area contributed by atoms with Crippen molar-refractivity contribution in [3.05, 3.63) is 23.8 Å². The minimum absolute atomic E-state index is 0.0890. The molecule has 0 saturated heterocycles. The van der Waals surface area contributed by atoms with Gasteiger partial charge >= 0.3 is 6.01 Å². The summed E-state index contributed by atoms with van der Waals surface area (Å²) in [5, 5.41) is 14.1. The summed E-state index contributed by atoms with van der Waals surface area (Å²) in [5.41, 5.74) is 0.174. The summed E-state index contributed by atoms with van der Waals surface area (Å²) in [4.78, 5) is 11.9. The number of amides is 1. The molecule has 2 rings (SSSR count). The molecule has 0 spiro atoms. The number of aromatic nitrogens is 4. The smallest absolute Gasteiger partial charge is 0.322 e. The van der Waals surface area contributed by atoms with Crippen molar-refractivity contribution in [2.24, 2.45) is 7.05 Å². The average Bonchev–Trinajstić information content (AvgIpc) is 2.85. The van der Waals surface area contributed by atoms with Crippen LogP contribution < -0.4 is 5.32 Å². The summed E-state index contributed by atoms with van der Waals surface area (Å²) in [6, 6.07) is 1.70. The van der Waals surface area contributed by atoms with Gasteiger partial charge in [-0.2, -0.15) is 5.10 Å². The Labute approximate surface area is 104 Å². The predicted octanol–water partition coefficient (Wildman–Crippen LogP) is 1.35. The third kappa shape index (κ3) is 2.39. The number of carbonyl (C=O) groups is 1. The molecule has 0 bridgehead atoms. The van der Waals surface area contributed by atoms with E-state index in [9.17, 15) is 4.79 Å². The maximum absolute atomic E-state index is 11.9. The number of carbonyl (C=O) groups excluding carboxylic acids is 1. The molecule has 0 fully saturated rings. The highest BCUT2D eigenvalue weighted by molar-refractivity contribution is 6.01. The highest BCUT2D eigenvalue weighted by Crippen LogP contribution is 2.22. The highest BCUT2D eigenvalue weighted by atomic mass is 16.4. The lowest BCUT2D eigenvalue weighted by Crippen LogP contribution is -2.16. The molecule has 0 unspecified atom stereocenters. The van der Waals surface area contributed by atoms with Gasteiger partial charge in [-0.1, -0.05) is 25.9 Å². The maximum Gasteiger partial charge on any atom is 0.322 e. The molecular formula is C11H15N5O2. The zero-order chi connectivity index (χ0) is 13.3. The van der Waals surface area contributed by atoms with E-state index in [-0.39, 0.29) is 17.3 Å². The minimum Gasteiger partial charge on any atom is -0.407 e. The van der Waals surface area contributed by atoms with E-state index in [0.717, 1.165) is 0 Å². The quantitative estimate of drug-likeness (QED) is 0.868. The first-order valence-electron chi connectivity index (χ1n) is 5.51. The molecule has 7 nitrogen and oxygen atoms in total. The molecular weight excluding hydrogens is 234 g/mol. The molecule has 1 N–H and O–H groups in total. The molecule has 0 aliphatic heterocycles. The van der Waals surface area contributed by atoms with E-state index in [1.54, 1.807) is 19.3 Å². The Morgan fingerprint density at radius 3 is 2.61 bits per heavy atom. The summed E-state index contributed by atoms with van der Waals surface area (Å²) >= 11 is 0. The van der Waals surface area contributed by atoms with E-state index in [2.05, 4.69) is 20.6 Å². The van der Waals surface area contributed by atoms with Crippen LogP contribution in [0.5, 0.6) is 0 Å². The second kappa shape index (κ2) is 4.25. The van der Waals surface area contributed by atoms with Gasteiger partial charge in [0.15, 0.2) is 0 Å². The summed E-state index contributed by atoms with van der Waals surface area (Å²) in [6.07, 6.45) is 1.54. The summed E-state index contributed by atoms with van der Waals surface area (Å²) in [6.45, 7) is 5.85. The van der Waals surface area contributed by atoms with Crippen molar-refractivity contribution in [1.82, 2.24) is 20.0 Å². The van der Waals surface area contributed by atoms with Crippen LogP contribution in [-0.2, 0) is 12.5 Å². The number of nitrogens with one attached hydrogen (secondary N) is 1. The number of nitrogens with zero attached hydrogens (tertiary/aromatic N) is 4. The van der Waals surface area contributed by atoms with Crippen LogP contribution in [0.15, 0.2) is 16.7 Å². The second-order valence-corrected chi connectivity index (χ2v) is 4.96. The molecule has 2 aromatic rings. The van der Waals surface area contributed by atoms with E-state index in [1.807, 2.05) is 20.8 Å². The number of hydrogen-bond donors (Lipinski definition) is 1. The summed E-state index contributed by atoms with van der Waals surface area (Å²) in [7, 11) is 1.68. The van der Waals surface area contributed by atoms with E-state index in [0.29, 0.717) is 11.6 Å². The third-order valence-corrected chi connectivity index (χ3v) is 2.34. The molecule has 0 aliphatic carbocycles. The third-order valence-electron chi connectivity index (χ3n) is 2.34. The van der Waals surface area contributed by atoms with Crippen LogP contribution in [0.4, 0.5) is 6.01 Å². The van der Waals surface area contributed by atoms with Crippen LogP contribution >= 0.6 is 0 Å². The Morgan fingerprint density at radius 2 is 2.11 bits per heavy atom. The highest BCUT2D eigenvalue weighted by Gasteiger charge is 2.22. The van der Waals surface area contributed by atoms with Crippen LogP contribution in [-0.4, -0.2) is 25.9 Å². The zero-order valence-corrected chi connectivity index (χ0v) is 10.8. The molecule has 0 aromatic carbocycles. The van der Waals surface area contributed by atoms with Crippen LogP contribution in [0, 0.1) is 0 Å². The first kappa shape index (κ1) is 12.3. The molecule has 2 aromatic heterocycles. The van der Waals surface area contributed by atoms with Crippen LogP contribution in [0.1, 0.15) is 37.2 Å². The lowest BCUT2D eigenvalue weighted by Gasteiger charge is -2.10. The van der Waals surface area contributed by atoms with Gasteiger partial charge in [-0.3, -0.25) is 14.8 Å². The fraction of sp³-hybridized carbons (Fsp3) is 0.455. The Balaban J connectivity index is 2.13. The Hall–Kier alpha value is -2.18. The Bertz CT molecular complexity index is 564. The predicted molar refractivity (Wildman–Crippen MR) is 64.2 cm³/mol. The largest absolute Gasteiger partial charge is 0.407 e. The fourth-order valence-corrected chi connectivity index (χ4v) is 1.33. The standard InChI is InChI=1S/C11H15N5O2/c1-11(2,3)9-14-15-10(18-9)13-8(17)7-5-6-12-16(7)4/h5-6H,1-4H3,(H,13,15,17). The van der Waals surface area contributed by atoms with Crippen LogP contribution in [0.3, 0.4) is 0 Å². The maximum atomic E-state index is 11.9. The normalized spacial score (nSPS) is 11.6. The molecule has 18 heavy (non-hydrogen) atoms. The van der Waals surface area contributed by atoms with Crippen LogP contribution in [0.25, 0.3) is 0 Å². The SMILES string of the molecule is Cn1nccc1C(=O)Nc1nnc(C(C)(C)C)o1. The molecule has 1 amide bonds. The number of hydrogen-bond acceptors (Lipinski definition) is 5. The second-order valence-electron chi connectivity index (χ2n) is 4.96. The van der Waals surface area contributed by atoms with E-state index in [4.69, 9.17) is 4.42 Å². The summed E-state index contributed by atoms with van der Waals surface area (Å²) in [5.74, 6) is 0.141. The number of anilines is 1. The van der Waals surface area contributed by atoms with E-state index >= 15 is 0 Å². The number of aryl methyl sites for hydroxylation is 1. The van der Waals surface area contributed by atoms with Gasteiger partial charge in [-0.25, -0.2) is 0 Å². The van der Waals surface area contributed by atoms with Crippen molar-refractivity contribution < 1.29 is 9.21 Å². The van der Waals surface area contributed by atoms with Crippen molar-refractivity contribution in [3.63, 3.8) is 0 Å². The molecule has 0 radical (unpaired) electrons. The van der Waals surface area contributed by atoms with E-state index < -0.39 is 0 Å². The molecule has 2 heterocycles. The fourth-order valence-electron chi connectivity index (χ4n) is 1.33. The van der Waals surface area contributed by atoms with E-state index in [1.165, 1.54) is 4.68 Å². The molecule has 0 saturated carbocycles. The first-order chi connectivity index (χ1) is 8.38. The van der Waals surface area contributed by atoms with Gasteiger partial charge in [0.1, 0.15) is 5.69 Å². The van der Waals surface area contributed by atoms with Crippen LogP contribution in [0.2, 0.25) is 0 Å². The van der Waals surface area contributed by atoms with Gasteiger partial charge in [0.2, 0.25) is 5.89 Å². The average molecular weight is 249 g/mol. The van der Waals surface area contributed by atoms with Gasteiger partial charge < -0.3 is 4.42 Å². The van der Waals surface area contributed by atoms with Gasteiger partial charge in [-0.15, -0.1) is 5.10 Å². The van der Waals surface area contributed by atoms with Gasteiger partial charge in [0.05, 0.1) is 0 Å². The lowest BCUT2D eigenvalue weighted by molar-refractivity contribution is 0.101. The number of rotatable bonds is 2.